The van der Waals surface area contributed by atoms with E-state index < -0.39 is 5.97 Å². The van der Waals surface area contributed by atoms with E-state index in [1.807, 2.05) is 0 Å². The number of aliphatic carboxylic acids is 1. The van der Waals surface area contributed by atoms with Crippen molar-refractivity contribution in [1.29, 1.82) is 0 Å². The highest BCUT2D eigenvalue weighted by Crippen LogP contribution is 2.12. The van der Waals surface area contributed by atoms with Crippen molar-refractivity contribution in [2.24, 2.45) is 0 Å². The minimum atomic E-state index is -0.740. The fraction of sp³-hybridized carbons (Fsp3) is 0.588. The standard InChI is InChI=1S/C17H28O2S/c1-14(2)7-5-8-15(3)9-6-10-16(4)11-12-20-13-17(18)19/h7,9,11H,5-6,8,10,12-13H2,1-4H3,(H,18,19)/b15-9-,16-11+. The molecule has 0 amide bonds. The Bertz CT molecular complexity index is 374. The van der Waals surface area contributed by atoms with Crippen molar-refractivity contribution in [3.05, 3.63) is 34.9 Å². The molecule has 0 heterocycles. The van der Waals surface area contributed by atoms with Crippen molar-refractivity contribution in [3.63, 3.8) is 0 Å². The smallest absolute Gasteiger partial charge is 0.313 e. The molecule has 20 heavy (non-hydrogen) atoms. The van der Waals surface area contributed by atoms with E-state index in [1.54, 1.807) is 0 Å². The van der Waals surface area contributed by atoms with Crippen LogP contribution in [0.15, 0.2) is 34.9 Å². The number of hydrogen-bond acceptors (Lipinski definition) is 2. The highest BCUT2D eigenvalue weighted by molar-refractivity contribution is 8.00. The number of hydrogen-bond donors (Lipinski definition) is 1. The van der Waals surface area contributed by atoms with Crippen LogP contribution in [0.1, 0.15) is 53.4 Å². The zero-order chi connectivity index (χ0) is 15.4. The lowest BCUT2D eigenvalue weighted by molar-refractivity contribution is -0.133. The molecule has 0 unspecified atom stereocenters. The first kappa shape index (κ1) is 19.0. The number of allylic oxidation sites excluding steroid dienone is 5. The van der Waals surface area contributed by atoms with Crippen molar-refractivity contribution in [2.45, 2.75) is 53.4 Å². The van der Waals surface area contributed by atoms with Gasteiger partial charge in [0.2, 0.25) is 0 Å². The molecule has 3 heteroatoms. The van der Waals surface area contributed by atoms with Gasteiger partial charge in [0.1, 0.15) is 0 Å². The maximum Gasteiger partial charge on any atom is 0.313 e. The molecule has 0 aromatic carbocycles. The van der Waals surface area contributed by atoms with Crippen molar-refractivity contribution >= 4 is 17.7 Å². The van der Waals surface area contributed by atoms with Crippen LogP contribution in [-0.4, -0.2) is 22.6 Å². The number of carbonyl (C=O) groups is 1. The van der Waals surface area contributed by atoms with Crippen LogP contribution < -0.4 is 0 Å². The minimum absolute atomic E-state index is 0.188. The van der Waals surface area contributed by atoms with E-state index in [2.05, 4.69) is 45.9 Å². The Hall–Kier alpha value is -0.960. The van der Waals surface area contributed by atoms with Crippen molar-refractivity contribution in [3.8, 4) is 0 Å². The summed E-state index contributed by atoms with van der Waals surface area (Å²) in [4.78, 5) is 10.4. The summed E-state index contributed by atoms with van der Waals surface area (Å²) in [5.41, 5.74) is 4.18. The first-order valence-electron chi connectivity index (χ1n) is 7.16. The van der Waals surface area contributed by atoms with Gasteiger partial charge in [-0.05, 0) is 53.4 Å². The lowest BCUT2D eigenvalue weighted by atomic mass is 10.1. The molecule has 0 bridgehead atoms. The van der Waals surface area contributed by atoms with Gasteiger partial charge < -0.3 is 5.11 Å². The molecule has 0 aliphatic heterocycles. The summed E-state index contributed by atoms with van der Waals surface area (Å²) >= 11 is 1.45. The summed E-state index contributed by atoms with van der Waals surface area (Å²) in [5, 5.41) is 8.53. The van der Waals surface area contributed by atoms with Crippen molar-refractivity contribution in [1.82, 2.24) is 0 Å². The molecular weight excluding hydrogens is 268 g/mol. The van der Waals surface area contributed by atoms with E-state index in [1.165, 1.54) is 28.5 Å². The normalized spacial score (nSPS) is 12.4. The lowest BCUT2D eigenvalue weighted by Gasteiger charge is -2.01. The first-order valence-corrected chi connectivity index (χ1v) is 8.31. The second-order valence-electron chi connectivity index (χ2n) is 5.37. The summed E-state index contributed by atoms with van der Waals surface area (Å²) in [6.45, 7) is 8.58. The minimum Gasteiger partial charge on any atom is -0.481 e. The Kier molecular flexibility index (Phi) is 11.3. The molecular formula is C17H28O2S. The van der Waals surface area contributed by atoms with Crippen LogP contribution in [0.5, 0.6) is 0 Å². The topological polar surface area (TPSA) is 37.3 Å². The predicted octanol–water partition coefficient (Wildman–Crippen LogP) is 5.22. The van der Waals surface area contributed by atoms with Gasteiger partial charge in [0, 0.05) is 5.75 Å². The molecule has 0 aliphatic rings. The van der Waals surface area contributed by atoms with Crippen LogP contribution in [0.3, 0.4) is 0 Å². The van der Waals surface area contributed by atoms with Crippen molar-refractivity contribution in [2.75, 3.05) is 11.5 Å². The lowest BCUT2D eigenvalue weighted by Crippen LogP contribution is -1.98. The van der Waals surface area contributed by atoms with Crippen LogP contribution in [0.25, 0.3) is 0 Å². The van der Waals surface area contributed by atoms with E-state index >= 15 is 0 Å². The Morgan fingerprint density at radius 1 is 0.950 bits per heavy atom. The van der Waals surface area contributed by atoms with Gasteiger partial charge in [-0.15, -0.1) is 11.8 Å². The fourth-order valence-corrected chi connectivity index (χ4v) is 2.38. The molecule has 0 aliphatic carbocycles. The quantitative estimate of drug-likeness (QED) is 0.443. The molecule has 0 saturated heterocycles. The number of rotatable bonds is 10. The Morgan fingerprint density at radius 2 is 1.50 bits per heavy atom. The molecule has 0 atom stereocenters. The molecule has 0 aromatic rings. The number of carboxylic acids is 1. The molecule has 0 spiro atoms. The molecule has 0 fully saturated rings. The zero-order valence-electron chi connectivity index (χ0n) is 13.2. The van der Waals surface area contributed by atoms with Crippen LogP contribution in [0.4, 0.5) is 0 Å². The van der Waals surface area contributed by atoms with E-state index in [0.717, 1.165) is 31.4 Å². The summed E-state index contributed by atoms with van der Waals surface area (Å²) in [5.74, 6) is 0.241. The second kappa shape index (κ2) is 11.8. The van der Waals surface area contributed by atoms with Crippen LogP contribution >= 0.6 is 11.8 Å². The van der Waals surface area contributed by atoms with Gasteiger partial charge in [-0.2, -0.15) is 0 Å². The van der Waals surface area contributed by atoms with Crippen molar-refractivity contribution < 1.29 is 9.90 Å². The SMILES string of the molecule is CC(C)=CCC/C(C)=C\CC/C(C)=C/CSCC(=O)O. The average molecular weight is 296 g/mol. The van der Waals surface area contributed by atoms with Gasteiger partial charge in [0.05, 0.1) is 5.75 Å². The van der Waals surface area contributed by atoms with Crippen LogP contribution in [0, 0.1) is 0 Å². The van der Waals surface area contributed by atoms with Gasteiger partial charge in [-0.1, -0.05) is 34.9 Å². The average Bonchev–Trinajstić information content (AvgIpc) is 2.34. The number of carboxylic acid groups (broad SMARTS) is 1. The molecule has 0 rings (SSSR count). The highest BCUT2D eigenvalue weighted by atomic mass is 32.2. The molecule has 114 valence electrons. The Balaban J connectivity index is 3.82. The third kappa shape index (κ3) is 13.5. The highest BCUT2D eigenvalue weighted by Gasteiger charge is 1.95. The van der Waals surface area contributed by atoms with E-state index in [0.29, 0.717) is 0 Å². The second-order valence-corrected chi connectivity index (χ2v) is 6.40. The fourth-order valence-electron chi connectivity index (χ4n) is 1.69. The Labute approximate surface area is 128 Å². The van der Waals surface area contributed by atoms with Gasteiger partial charge in [0.25, 0.3) is 0 Å². The van der Waals surface area contributed by atoms with E-state index in [-0.39, 0.29) is 5.75 Å². The summed E-state index contributed by atoms with van der Waals surface area (Å²) in [7, 11) is 0. The molecule has 0 aromatic heterocycles. The third-order valence-electron chi connectivity index (χ3n) is 2.90. The van der Waals surface area contributed by atoms with Crippen LogP contribution in [-0.2, 0) is 4.79 Å². The maximum atomic E-state index is 10.4. The molecule has 0 saturated carbocycles. The largest absolute Gasteiger partial charge is 0.481 e. The van der Waals surface area contributed by atoms with Gasteiger partial charge >= 0.3 is 5.97 Å². The predicted molar refractivity (Wildman–Crippen MR) is 90.4 cm³/mol. The molecule has 0 radical (unpaired) electrons. The van der Waals surface area contributed by atoms with E-state index in [4.69, 9.17) is 5.11 Å². The van der Waals surface area contributed by atoms with Crippen LogP contribution in [0.2, 0.25) is 0 Å². The maximum absolute atomic E-state index is 10.4. The molecule has 1 N–H and O–H groups in total. The summed E-state index contributed by atoms with van der Waals surface area (Å²) < 4.78 is 0. The van der Waals surface area contributed by atoms with Gasteiger partial charge in [-0.3, -0.25) is 4.79 Å². The zero-order valence-corrected chi connectivity index (χ0v) is 14.1. The molecule has 2 nitrogen and oxygen atoms in total. The summed E-state index contributed by atoms with van der Waals surface area (Å²) in [6, 6.07) is 0. The van der Waals surface area contributed by atoms with E-state index in [9.17, 15) is 4.79 Å². The van der Waals surface area contributed by atoms with Gasteiger partial charge in [0.15, 0.2) is 0 Å². The monoisotopic (exact) mass is 296 g/mol. The number of thioether (sulfide) groups is 1. The summed E-state index contributed by atoms with van der Waals surface area (Å²) in [6.07, 6.45) is 11.1. The first-order chi connectivity index (χ1) is 9.41. The Morgan fingerprint density at radius 3 is 2.05 bits per heavy atom. The third-order valence-corrected chi connectivity index (χ3v) is 3.75. The van der Waals surface area contributed by atoms with Gasteiger partial charge in [-0.25, -0.2) is 0 Å².